The average molecular weight is 525 g/mol. The predicted molar refractivity (Wildman–Crippen MR) is 140 cm³/mol. The van der Waals surface area contributed by atoms with Gasteiger partial charge in [-0.1, -0.05) is 66.9 Å². The van der Waals surface area contributed by atoms with Crippen molar-refractivity contribution in [2.75, 3.05) is 6.54 Å². The highest BCUT2D eigenvalue weighted by atomic mass is 35.5. The first kappa shape index (κ1) is 24.5. The Kier molecular flexibility index (Phi) is 7.07. The number of guanidine groups is 1. The van der Waals surface area contributed by atoms with Crippen LogP contribution in [0, 0.1) is 5.82 Å². The maximum atomic E-state index is 13.6. The van der Waals surface area contributed by atoms with E-state index in [0.717, 1.165) is 42.5 Å². The monoisotopic (exact) mass is 524 g/mol. The molecule has 3 aromatic carbocycles. The molecule has 0 amide bonds. The van der Waals surface area contributed by atoms with Crippen LogP contribution in [0.15, 0.2) is 93.3 Å². The van der Waals surface area contributed by atoms with Crippen LogP contribution in [0.1, 0.15) is 42.7 Å². The molecule has 1 saturated carbocycles. The lowest BCUT2D eigenvalue weighted by atomic mass is 9.91. The molecule has 1 aliphatic carbocycles. The van der Waals surface area contributed by atoms with Gasteiger partial charge >= 0.3 is 0 Å². The maximum Gasteiger partial charge on any atom is 0.285 e. The highest BCUT2D eigenvalue weighted by molar-refractivity contribution is 7.90. The van der Waals surface area contributed by atoms with E-state index < -0.39 is 10.0 Å². The molecule has 36 heavy (non-hydrogen) atoms. The van der Waals surface area contributed by atoms with Crippen molar-refractivity contribution in [1.29, 1.82) is 0 Å². The van der Waals surface area contributed by atoms with E-state index in [-0.39, 0.29) is 28.6 Å². The molecule has 0 bridgehead atoms. The van der Waals surface area contributed by atoms with Gasteiger partial charge in [0.25, 0.3) is 10.0 Å². The number of nitrogens with one attached hydrogen (secondary N) is 1. The number of benzene rings is 3. The molecule has 0 radical (unpaired) electrons. The Morgan fingerprint density at radius 1 is 0.972 bits per heavy atom. The number of hydrogen-bond donors (Lipinski definition) is 1. The van der Waals surface area contributed by atoms with Crippen LogP contribution in [0.3, 0.4) is 0 Å². The van der Waals surface area contributed by atoms with Crippen molar-refractivity contribution in [1.82, 2.24) is 10.3 Å². The summed E-state index contributed by atoms with van der Waals surface area (Å²) in [5.74, 6) is -0.287. The third-order valence-corrected chi connectivity index (χ3v) is 8.04. The summed E-state index contributed by atoms with van der Waals surface area (Å²) in [5, 5.41) is 10.3. The first-order chi connectivity index (χ1) is 17.4. The van der Waals surface area contributed by atoms with Gasteiger partial charge in [-0.25, -0.2) is 9.40 Å². The third kappa shape index (κ3) is 5.44. The van der Waals surface area contributed by atoms with E-state index in [1.165, 1.54) is 36.4 Å². The summed E-state index contributed by atoms with van der Waals surface area (Å²) in [5.41, 5.74) is 2.53. The summed E-state index contributed by atoms with van der Waals surface area (Å²) in [7, 11) is -4.02. The molecule has 5 rings (SSSR count). The Hall–Kier alpha value is -3.23. The van der Waals surface area contributed by atoms with Gasteiger partial charge in [-0.05, 0) is 60.4 Å². The van der Waals surface area contributed by atoms with Gasteiger partial charge < -0.3 is 5.32 Å². The molecule has 1 aliphatic heterocycles. The van der Waals surface area contributed by atoms with Crippen LogP contribution < -0.4 is 5.32 Å². The van der Waals surface area contributed by atoms with E-state index in [9.17, 15) is 12.8 Å². The molecule has 6 nitrogen and oxygen atoms in total. The number of nitrogens with zero attached hydrogens (tertiary/aromatic N) is 3. The summed E-state index contributed by atoms with van der Waals surface area (Å²) in [4.78, 5) is 0.0548. The lowest BCUT2D eigenvalue weighted by molar-refractivity contribution is 0.441. The maximum absolute atomic E-state index is 13.6. The summed E-state index contributed by atoms with van der Waals surface area (Å²) in [6.45, 7) is 0.394. The van der Waals surface area contributed by atoms with E-state index in [4.69, 9.17) is 16.7 Å². The van der Waals surface area contributed by atoms with E-state index in [1.807, 2.05) is 30.3 Å². The molecule has 1 N–H and O–H groups in total. The van der Waals surface area contributed by atoms with E-state index in [2.05, 4.69) is 9.71 Å². The normalized spacial score (nSPS) is 18.9. The molecule has 0 spiro atoms. The van der Waals surface area contributed by atoms with Gasteiger partial charge in [-0.15, -0.1) is 4.40 Å². The van der Waals surface area contributed by atoms with Crippen LogP contribution >= 0.6 is 11.6 Å². The number of rotatable bonds is 5. The SMILES string of the molecule is O=S(=O)(/N=C(/NC1CCCC1)N1C[C@@H](c2ccccc2)C(c2ccc(F)cc2)=N1)c1ccc(Cl)cc1. The summed E-state index contributed by atoms with van der Waals surface area (Å²) < 4.78 is 44.3. The van der Waals surface area contributed by atoms with Crippen LogP contribution in [-0.4, -0.2) is 37.7 Å². The Bertz CT molecular complexity index is 1370. The lowest BCUT2D eigenvalue weighted by Gasteiger charge is -2.22. The quantitative estimate of drug-likeness (QED) is 0.350. The van der Waals surface area contributed by atoms with Gasteiger partial charge in [0.15, 0.2) is 0 Å². The van der Waals surface area contributed by atoms with Crippen LogP contribution in [0.4, 0.5) is 4.39 Å². The van der Waals surface area contributed by atoms with Crippen molar-refractivity contribution < 1.29 is 12.8 Å². The van der Waals surface area contributed by atoms with Crippen molar-refractivity contribution in [3.05, 3.63) is 101 Å². The predicted octanol–water partition coefficient (Wildman–Crippen LogP) is 5.56. The first-order valence-corrected chi connectivity index (χ1v) is 13.7. The minimum Gasteiger partial charge on any atom is -0.351 e. The smallest absolute Gasteiger partial charge is 0.285 e. The fourth-order valence-electron chi connectivity index (χ4n) is 4.64. The molecule has 186 valence electrons. The number of sulfonamides is 1. The van der Waals surface area contributed by atoms with E-state index in [0.29, 0.717) is 11.6 Å². The zero-order chi connectivity index (χ0) is 25.1. The van der Waals surface area contributed by atoms with E-state index >= 15 is 0 Å². The van der Waals surface area contributed by atoms with Gasteiger partial charge in [-0.3, -0.25) is 0 Å². The van der Waals surface area contributed by atoms with Crippen LogP contribution in [0.2, 0.25) is 5.02 Å². The largest absolute Gasteiger partial charge is 0.351 e. The third-order valence-electron chi connectivity index (χ3n) is 6.51. The second kappa shape index (κ2) is 10.4. The number of hydrazone groups is 1. The van der Waals surface area contributed by atoms with Gasteiger partial charge in [0.1, 0.15) is 5.82 Å². The Labute approximate surface area is 215 Å². The van der Waals surface area contributed by atoms with Gasteiger partial charge in [0.2, 0.25) is 5.96 Å². The van der Waals surface area contributed by atoms with Gasteiger partial charge in [0, 0.05) is 17.0 Å². The van der Waals surface area contributed by atoms with Crippen molar-refractivity contribution in [3.8, 4) is 0 Å². The molecule has 0 saturated heterocycles. The highest BCUT2D eigenvalue weighted by Gasteiger charge is 2.33. The average Bonchev–Trinajstić information content (AvgIpc) is 3.55. The Balaban J connectivity index is 1.56. The van der Waals surface area contributed by atoms with Crippen LogP contribution in [-0.2, 0) is 10.0 Å². The Morgan fingerprint density at radius 2 is 1.64 bits per heavy atom. The van der Waals surface area contributed by atoms with Crippen molar-refractivity contribution in [2.24, 2.45) is 9.50 Å². The van der Waals surface area contributed by atoms with Crippen molar-refractivity contribution in [3.63, 3.8) is 0 Å². The zero-order valence-corrected chi connectivity index (χ0v) is 21.1. The summed E-state index contributed by atoms with van der Waals surface area (Å²) in [6.07, 6.45) is 4.02. The van der Waals surface area contributed by atoms with E-state index in [1.54, 1.807) is 17.1 Å². The molecule has 0 unspecified atom stereocenters. The number of halogens is 2. The molecule has 1 fully saturated rings. The zero-order valence-electron chi connectivity index (χ0n) is 19.5. The fraction of sp³-hybridized carbons (Fsp3) is 0.259. The first-order valence-electron chi connectivity index (χ1n) is 11.9. The summed E-state index contributed by atoms with van der Waals surface area (Å²) >= 11 is 5.95. The molecule has 3 aromatic rings. The molecule has 1 heterocycles. The topological polar surface area (TPSA) is 74.1 Å². The molecule has 1 atom stereocenters. The fourth-order valence-corrected chi connectivity index (χ4v) is 5.72. The lowest BCUT2D eigenvalue weighted by Crippen LogP contribution is -2.43. The molecular weight excluding hydrogens is 499 g/mol. The Morgan fingerprint density at radius 3 is 2.31 bits per heavy atom. The van der Waals surface area contributed by atoms with Gasteiger partial charge in [-0.2, -0.15) is 13.5 Å². The minimum absolute atomic E-state index is 0.0548. The number of hydrogen-bond acceptors (Lipinski definition) is 3. The molecule has 2 aliphatic rings. The molecular formula is C27H26ClFN4O2S. The van der Waals surface area contributed by atoms with Crippen LogP contribution in [0.25, 0.3) is 0 Å². The summed E-state index contributed by atoms with van der Waals surface area (Å²) in [6, 6.07) is 22.1. The minimum atomic E-state index is -4.02. The molecule has 9 heteroatoms. The highest BCUT2D eigenvalue weighted by Crippen LogP contribution is 2.30. The van der Waals surface area contributed by atoms with Crippen LogP contribution in [0.5, 0.6) is 0 Å². The van der Waals surface area contributed by atoms with Crippen molar-refractivity contribution >= 4 is 33.3 Å². The second-order valence-corrected chi connectivity index (χ2v) is 11.0. The van der Waals surface area contributed by atoms with Crippen molar-refractivity contribution in [2.45, 2.75) is 42.5 Å². The van der Waals surface area contributed by atoms with Gasteiger partial charge in [0.05, 0.1) is 17.2 Å². The second-order valence-electron chi connectivity index (χ2n) is 9.01. The molecule has 0 aromatic heterocycles. The standard InChI is InChI=1S/C27H26ClFN4O2S/c28-21-12-16-24(17-13-21)36(34,35)32-27(30-23-8-4-5-9-23)33-18-25(19-6-2-1-3-7-19)26(31-33)20-10-14-22(29)15-11-20/h1-3,6-7,10-17,23,25H,4-5,8-9,18H2,(H,30,32)/t25-/m0/s1.